The Morgan fingerprint density at radius 2 is 1.86 bits per heavy atom. The molecule has 152 valence electrons. The zero-order valence-electron chi connectivity index (χ0n) is 17.4. The highest BCUT2D eigenvalue weighted by molar-refractivity contribution is 6.62. The maximum absolute atomic E-state index is 12.6. The third kappa shape index (κ3) is 3.42. The second kappa shape index (κ2) is 7.00. The molecule has 2 aromatic heterocycles. The van der Waals surface area contributed by atoms with Crippen LogP contribution < -0.4 is 11.2 Å². The van der Waals surface area contributed by atoms with Gasteiger partial charge in [-0.05, 0) is 65.4 Å². The number of nitrogens with one attached hydrogen (secondary N) is 1. The van der Waals surface area contributed by atoms with E-state index >= 15 is 0 Å². The van der Waals surface area contributed by atoms with E-state index in [2.05, 4.69) is 9.97 Å². The summed E-state index contributed by atoms with van der Waals surface area (Å²) in [7, 11) is 1.29. The van der Waals surface area contributed by atoms with Crippen molar-refractivity contribution in [3.63, 3.8) is 0 Å². The molecule has 0 aromatic carbocycles. The largest absolute Gasteiger partial charge is 0.496 e. The van der Waals surface area contributed by atoms with E-state index in [4.69, 9.17) is 14.0 Å². The van der Waals surface area contributed by atoms with E-state index in [1.807, 2.05) is 38.3 Å². The zero-order chi connectivity index (χ0) is 20.1. The predicted octanol–water partition coefficient (Wildman–Crippen LogP) is 2.23. The van der Waals surface area contributed by atoms with Crippen molar-refractivity contribution in [2.45, 2.75) is 77.2 Å². The highest BCUT2D eigenvalue weighted by Crippen LogP contribution is 2.36. The average Bonchev–Trinajstić information content (AvgIpc) is 3.07. The number of hydrogen-bond acceptors (Lipinski definition) is 5. The third-order valence-corrected chi connectivity index (χ3v) is 6.74. The summed E-state index contributed by atoms with van der Waals surface area (Å²) >= 11 is 0. The quantitative estimate of drug-likeness (QED) is 0.815. The van der Waals surface area contributed by atoms with E-state index in [0.29, 0.717) is 24.2 Å². The van der Waals surface area contributed by atoms with E-state index in [1.165, 1.54) is 0 Å². The van der Waals surface area contributed by atoms with Crippen molar-refractivity contribution in [2.75, 3.05) is 7.11 Å². The summed E-state index contributed by atoms with van der Waals surface area (Å²) in [6, 6.07) is 1.98. The van der Waals surface area contributed by atoms with Gasteiger partial charge in [-0.3, -0.25) is 9.55 Å². The number of ether oxygens (including phenoxy) is 1. The summed E-state index contributed by atoms with van der Waals surface area (Å²) < 4.78 is 19.6. The Balaban J connectivity index is 1.60. The number of nitrogens with zero attached hydrogens (tertiary/aromatic N) is 2. The van der Waals surface area contributed by atoms with Gasteiger partial charge in [-0.25, -0.2) is 9.78 Å². The average molecular weight is 387 g/mol. The fourth-order valence-electron chi connectivity index (χ4n) is 4.15. The first-order valence-electron chi connectivity index (χ1n) is 10.2. The van der Waals surface area contributed by atoms with Crippen LogP contribution in [0.3, 0.4) is 0 Å². The number of methoxy groups -OCH3 is 1. The van der Waals surface area contributed by atoms with Crippen molar-refractivity contribution >= 4 is 23.7 Å². The Morgan fingerprint density at radius 1 is 1.21 bits per heavy atom. The Morgan fingerprint density at radius 3 is 2.46 bits per heavy atom. The van der Waals surface area contributed by atoms with Crippen LogP contribution in [-0.2, 0) is 20.6 Å². The highest BCUT2D eigenvalue weighted by Gasteiger charge is 2.51. The molecule has 1 aliphatic heterocycles. The van der Waals surface area contributed by atoms with Crippen molar-refractivity contribution in [3.8, 4) is 0 Å². The lowest BCUT2D eigenvalue weighted by Crippen LogP contribution is -2.41. The number of imidazole rings is 1. The first-order valence-corrected chi connectivity index (χ1v) is 10.2. The van der Waals surface area contributed by atoms with Crippen LogP contribution in [-0.4, -0.2) is 46.1 Å². The lowest BCUT2D eigenvalue weighted by Gasteiger charge is -2.32. The first kappa shape index (κ1) is 19.7. The minimum Gasteiger partial charge on any atom is -0.399 e. The molecule has 1 saturated heterocycles. The lowest BCUT2D eigenvalue weighted by molar-refractivity contribution is 0.00578. The molecule has 2 aromatic rings. The highest BCUT2D eigenvalue weighted by atomic mass is 16.7. The second-order valence-corrected chi connectivity index (χ2v) is 9.14. The van der Waals surface area contributed by atoms with E-state index in [1.54, 1.807) is 13.3 Å². The van der Waals surface area contributed by atoms with Crippen LogP contribution in [0.2, 0.25) is 0 Å². The second-order valence-electron chi connectivity index (χ2n) is 9.14. The predicted molar refractivity (Wildman–Crippen MR) is 109 cm³/mol. The van der Waals surface area contributed by atoms with E-state index in [0.717, 1.165) is 36.7 Å². The smallest absolute Gasteiger partial charge is 0.399 e. The van der Waals surface area contributed by atoms with Crippen LogP contribution in [0.4, 0.5) is 0 Å². The maximum Gasteiger partial charge on any atom is 0.496 e. The monoisotopic (exact) mass is 387 g/mol. The first-order chi connectivity index (χ1) is 13.2. The van der Waals surface area contributed by atoms with Gasteiger partial charge in [0.25, 0.3) is 0 Å². The molecule has 1 saturated carbocycles. The van der Waals surface area contributed by atoms with Gasteiger partial charge in [-0.2, -0.15) is 0 Å². The van der Waals surface area contributed by atoms with Crippen LogP contribution in [0.5, 0.6) is 0 Å². The van der Waals surface area contributed by atoms with Gasteiger partial charge < -0.3 is 14.0 Å². The Labute approximate surface area is 165 Å². The molecule has 4 rings (SSSR count). The van der Waals surface area contributed by atoms with Gasteiger partial charge in [0, 0.05) is 25.3 Å². The zero-order valence-corrected chi connectivity index (χ0v) is 17.4. The van der Waals surface area contributed by atoms with Gasteiger partial charge in [0.15, 0.2) is 5.65 Å². The van der Waals surface area contributed by atoms with Crippen LogP contribution in [0.1, 0.15) is 53.4 Å². The topological polar surface area (TPSA) is 78.4 Å². The molecule has 0 unspecified atom stereocenters. The minimum absolute atomic E-state index is 0.109. The summed E-state index contributed by atoms with van der Waals surface area (Å²) in [6.07, 6.45) is 6.33. The summed E-state index contributed by atoms with van der Waals surface area (Å²) in [4.78, 5) is 19.9. The molecule has 8 heteroatoms. The van der Waals surface area contributed by atoms with Gasteiger partial charge in [0.1, 0.15) is 0 Å². The molecule has 0 radical (unpaired) electrons. The van der Waals surface area contributed by atoms with Crippen LogP contribution in [0.15, 0.2) is 17.1 Å². The molecule has 1 aliphatic carbocycles. The molecule has 2 aliphatic rings. The Kier molecular flexibility index (Phi) is 4.92. The number of H-pyrrole nitrogens is 1. The molecule has 7 nitrogen and oxygen atoms in total. The number of aromatic nitrogens is 3. The van der Waals surface area contributed by atoms with Crippen LogP contribution in [0.25, 0.3) is 11.2 Å². The summed E-state index contributed by atoms with van der Waals surface area (Å²) in [5.41, 5.74) is 1.32. The standard InChI is InChI=1S/C20H30BN3O4/c1-19(2)20(3,4)28-21(27-19)14-10-16-17(22-11-14)23-18(25)24(16)12-13-6-8-15(26-5)9-7-13/h10-11,13,15H,6-9,12H2,1-5H3,(H,22,23,25). The van der Waals surface area contributed by atoms with Crippen molar-refractivity contribution in [3.05, 3.63) is 22.7 Å². The number of aromatic amines is 1. The minimum atomic E-state index is -0.488. The van der Waals surface area contributed by atoms with Gasteiger partial charge in [0.05, 0.1) is 22.8 Å². The molecule has 2 fully saturated rings. The van der Waals surface area contributed by atoms with Crippen LogP contribution in [0, 0.1) is 5.92 Å². The summed E-state index contributed by atoms with van der Waals surface area (Å²) in [5, 5.41) is 0. The number of pyridine rings is 1. The molecule has 1 N–H and O–H groups in total. The van der Waals surface area contributed by atoms with E-state index in [9.17, 15) is 4.79 Å². The molecule has 0 atom stereocenters. The van der Waals surface area contributed by atoms with Gasteiger partial charge >= 0.3 is 12.8 Å². The maximum atomic E-state index is 12.6. The molecule has 3 heterocycles. The van der Waals surface area contributed by atoms with Crippen LogP contribution >= 0.6 is 0 Å². The van der Waals surface area contributed by atoms with E-state index in [-0.39, 0.29) is 5.69 Å². The summed E-state index contributed by atoms with van der Waals surface area (Å²) in [6.45, 7) is 8.82. The SMILES string of the molecule is COC1CCC(Cn2c(=O)[nH]c3ncc(B4OC(C)(C)C(C)(C)O4)cc32)CC1. The molecule has 28 heavy (non-hydrogen) atoms. The molecule has 0 spiro atoms. The number of fused-ring (bicyclic) bond motifs is 1. The van der Waals surface area contributed by atoms with Crippen molar-refractivity contribution in [1.82, 2.24) is 14.5 Å². The lowest BCUT2D eigenvalue weighted by atomic mass is 9.80. The van der Waals surface area contributed by atoms with Gasteiger partial charge in [0.2, 0.25) is 0 Å². The number of rotatable bonds is 4. The van der Waals surface area contributed by atoms with Gasteiger partial charge in [-0.1, -0.05) is 0 Å². The van der Waals surface area contributed by atoms with Crippen molar-refractivity contribution in [1.29, 1.82) is 0 Å². The molecule has 0 bridgehead atoms. The Hall–Kier alpha value is -1.64. The fourth-order valence-corrected chi connectivity index (χ4v) is 4.15. The number of hydrogen-bond donors (Lipinski definition) is 1. The molecular weight excluding hydrogens is 357 g/mol. The van der Waals surface area contributed by atoms with E-state index < -0.39 is 18.3 Å². The van der Waals surface area contributed by atoms with Crippen molar-refractivity contribution in [2.24, 2.45) is 5.92 Å². The molecular formula is C20H30BN3O4. The fraction of sp³-hybridized carbons (Fsp3) is 0.700. The van der Waals surface area contributed by atoms with Gasteiger partial charge in [-0.15, -0.1) is 0 Å². The summed E-state index contributed by atoms with van der Waals surface area (Å²) in [5.74, 6) is 0.476. The van der Waals surface area contributed by atoms with Crippen molar-refractivity contribution < 1.29 is 14.0 Å². The third-order valence-electron chi connectivity index (χ3n) is 6.74. The molecule has 0 amide bonds. The Bertz CT molecular complexity index is 896. The normalized spacial score (nSPS) is 26.8.